The SMILES string of the molecule is CCNC1(C(=O)OCC)CCC(SCCO)C1. The smallest absolute Gasteiger partial charge is 0.326 e. The molecule has 0 aromatic rings. The molecule has 0 aromatic carbocycles. The van der Waals surface area contributed by atoms with Crippen LogP contribution in [-0.2, 0) is 9.53 Å². The largest absolute Gasteiger partial charge is 0.465 e. The van der Waals surface area contributed by atoms with Gasteiger partial charge in [0.2, 0.25) is 0 Å². The van der Waals surface area contributed by atoms with Crippen LogP contribution in [0.15, 0.2) is 0 Å². The predicted octanol–water partition coefficient (Wildman–Crippen LogP) is 1.18. The van der Waals surface area contributed by atoms with E-state index in [4.69, 9.17) is 9.84 Å². The molecule has 0 amide bonds. The second kappa shape index (κ2) is 7.24. The van der Waals surface area contributed by atoms with Crippen LogP contribution in [0.4, 0.5) is 0 Å². The molecule has 0 saturated heterocycles. The standard InChI is InChI=1S/C12H23NO3S/c1-3-13-12(11(15)16-4-2)6-5-10(9-12)17-8-7-14/h10,13-14H,3-9H2,1-2H3. The van der Waals surface area contributed by atoms with Gasteiger partial charge >= 0.3 is 5.97 Å². The number of nitrogens with one attached hydrogen (secondary N) is 1. The first kappa shape index (κ1) is 14.8. The molecule has 2 atom stereocenters. The molecule has 1 fully saturated rings. The summed E-state index contributed by atoms with van der Waals surface area (Å²) in [6.07, 6.45) is 2.66. The van der Waals surface area contributed by atoms with Crippen LogP contribution in [-0.4, -0.2) is 47.4 Å². The van der Waals surface area contributed by atoms with E-state index in [1.807, 2.05) is 13.8 Å². The molecule has 0 heterocycles. The Labute approximate surface area is 107 Å². The lowest BCUT2D eigenvalue weighted by Gasteiger charge is -2.27. The Hall–Kier alpha value is -0.260. The van der Waals surface area contributed by atoms with Crippen molar-refractivity contribution >= 4 is 17.7 Å². The number of aliphatic hydroxyl groups is 1. The highest BCUT2D eigenvalue weighted by atomic mass is 32.2. The molecule has 0 radical (unpaired) electrons. The average molecular weight is 261 g/mol. The summed E-state index contributed by atoms with van der Waals surface area (Å²) in [5.41, 5.74) is -0.488. The Bertz CT molecular complexity index is 250. The van der Waals surface area contributed by atoms with E-state index in [1.165, 1.54) is 0 Å². The van der Waals surface area contributed by atoms with E-state index in [-0.39, 0.29) is 12.6 Å². The maximum absolute atomic E-state index is 12.0. The second-order valence-electron chi connectivity index (χ2n) is 4.29. The van der Waals surface area contributed by atoms with E-state index < -0.39 is 5.54 Å². The number of aliphatic hydroxyl groups excluding tert-OH is 1. The van der Waals surface area contributed by atoms with Crippen LogP contribution < -0.4 is 5.32 Å². The Morgan fingerprint density at radius 2 is 2.35 bits per heavy atom. The molecule has 0 spiro atoms. The van der Waals surface area contributed by atoms with Gasteiger partial charge < -0.3 is 15.2 Å². The normalized spacial score (nSPS) is 28.3. The number of hydrogen-bond donors (Lipinski definition) is 2. The molecule has 0 bridgehead atoms. The van der Waals surface area contributed by atoms with Crippen LogP contribution in [0.25, 0.3) is 0 Å². The summed E-state index contributed by atoms with van der Waals surface area (Å²) in [5, 5.41) is 12.6. The van der Waals surface area contributed by atoms with E-state index in [9.17, 15) is 4.79 Å². The van der Waals surface area contributed by atoms with Gasteiger partial charge in [0.15, 0.2) is 0 Å². The van der Waals surface area contributed by atoms with Gasteiger partial charge in [-0.1, -0.05) is 6.92 Å². The van der Waals surface area contributed by atoms with Crippen molar-refractivity contribution < 1.29 is 14.6 Å². The molecule has 1 saturated carbocycles. The zero-order valence-electron chi connectivity index (χ0n) is 10.7. The van der Waals surface area contributed by atoms with E-state index in [1.54, 1.807) is 11.8 Å². The molecule has 0 aromatic heterocycles. The van der Waals surface area contributed by atoms with E-state index in [2.05, 4.69) is 5.32 Å². The average Bonchev–Trinajstić information content (AvgIpc) is 2.72. The minimum absolute atomic E-state index is 0.117. The Morgan fingerprint density at radius 3 is 2.94 bits per heavy atom. The van der Waals surface area contributed by atoms with Crippen molar-refractivity contribution in [1.82, 2.24) is 5.32 Å². The van der Waals surface area contributed by atoms with Crippen LogP contribution in [0.3, 0.4) is 0 Å². The Morgan fingerprint density at radius 1 is 1.59 bits per heavy atom. The monoisotopic (exact) mass is 261 g/mol. The summed E-state index contributed by atoms with van der Waals surface area (Å²) in [4.78, 5) is 12.0. The van der Waals surface area contributed by atoms with E-state index in [0.29, 0.717) is 11.9 Å². The van der Waals surface area contributed by atoms with Crippen molar-refractivity contribution in [3.8, 4) is 0 Å². The van der Waals surface area contributed by atoms with Crippen LogP contribution in [0.1, 0.15) is 33.1 Å². The van der Waals surface area contributed by atoms with Gasteiger partial charge in [-0.05, 0) is 32.7 Å². The molecule has 1 aliphatic carbocycles. The number of ether oxygens (including phenoxy) is 1. The maximum atomic E-state index is 12.0. The molecule has 2 N–H and O–H groups in total. The van der Waals surface area contributed by atoms with Crippen molar-refractivity contribution in [3.63, 3.8) is 0 Å². The quantitative estimate of drug-likeness (QED) is 0.674. The lowest BCUT2D eigenvalue weighted by atomic mass is 9.98. The predicted molar refractivity (Wildman–Crippen MR) is 70.2 cm³/mol. The van der Waals surface area contributed by atoms with Crippen molar-refractivity contribution in [3.05, 3.63) is 0 Å². The van der Waals surface area contributed by atoms with Crippen molar-refractivity contribution in [2.24, 2.45) is 0 Å². The highest BCUT2D eigenvalue weighted by Crippen LogP contribution is 2.37. The zero-order valence-corrected chi connectivity index (χ0v) is 11.5. The van der Waals surface area contributed by atoms with Gasteiger partial charge in [-0.3, -0.25) is 4.79 Å². The van der Waals surface area contributed by atoms with Gasteiger partial charge in [-0.25, -0.2) is 0 Å². The van der Waals surface area contributed by atoms with Crippen LogP contribution in [0.5, 0.6) is 0 Å². The van der Waals surface area contributed by atoms with Crippen molar-refractivity contribution in [2.75, 3.05) is 25.5 Å². The number of rotatable bonds is 7. The fourth-order valence-electron chi connectivity index (χ4n) is 2.39. The van der Waals surface area contributed by atoms with Crippen LogP contribution >= 0.6 is 11.8 Å². The summed E-state index contributed by atoms with van der Waals surface area (Å²) in [6.45, 7) is 5.26. The summed E-state index contributed by atoms with van der Waals surface area (Å²) in [5.74, 6) is 0.629. The van der Waals surface area contributed by atoms with E-state index >= 15 is 0 Å². The van der Waals surface area contributed by atoms with Crippen LogP contribution in [0, 0.1) is 0 Å². The highest BCUT2D eigenvalue weighted by Gasteiger charge is 2.45. The highest BCUT2D eigenvalue weighted by molar-refractivity contribution is 7.99. The molecule has 5 heteroatoms. The molecular formula is C12H23NO3S. The third kappa shape index (κ3) is 3.86. The number of thioether (sulfide) groups is 1. The third-order valence-electron chi connectivity index (χ3n) is 3.10. The van der Waals surface area contributed by atoms with Crippen LogP contribution in [0.2, 0.25) is 0 Å². The van der Waals surface area contributed by atoms with E-state index in [0.717, 1.165) is 31.6 Å². The maximum Gasteiger partial charge on any atom is 0.326 e. The molecule has 4 nitrogen and oxygen atoms in total. The van der Waals surface area contributed by atoms with Crippen molar-refractivity contribution in [1.29, 1.82) is 0 Å². The summed E-state index contributed by atoms with van der Waals surface area (Å²) in [7, 11) is 0. The number of likely N-dealkylation sites (N-methyl/N-ethyl adjacent to an activating group) is 1. The molecule has 17 heavy (non-hydrogen) atoms. The molecule has 1 aliphatic rings. The number of carbonyl (C=O) groups is 1. The second-order valence-corrected chi connectivity index (χ2v) is 5.70. The zero-order chi connectivity index (χ0) is 12.7. The first-order chi connectivity index (χ1) is 8.18. The summed E-state index contributed by atoms with van der Waals surface area (Å²) in [6, 6.07) is 0. The fourth-order valence-corrected chi connectivity index (χ4v) is 3.51. The minimum atomic E-state index is -0.488. The van der Waals surface area contributed by atoms with Gasteiger partial charge in [-0.15, -0.1) is 0 Å². The fraction of sp³-hybridized carbons (Fsp3) is 0.917. The van der Waals surface area contributed by atoms with Gasteiger partial charge in [0.1, 0.15) is 5.54 Å². The van der Waals surface area contributed by atoms with Gasteiger partial charge in [0, 0.05) is 11.0 Å². The Balaban J connectivity index is 2.58. The van der Waals surface area contributed by atoms with Gasteiger partial charge in [0.25, 0.3) is 0 Å². The van der Waals surface area contributed by atoms with Crippen molar-refractivity contribution in [2.45, 2.75) is 43.9 Å². The number of esters is 1. The molecule has 100 valence electrons. The third-order valence-corrected chi connectivity index (χ3v) is 4.39. The number of hydrogen-bond acceptors (Lipinski definition) is 5. The number of carbonyl (C=O) groups excluding carboxylic acids is 1. The summed E-state index contributed by atoms with van der Waals surface area (Å²) < 4.78 is 5.17. The Kier molecular flexibility index (Phi) is 6.30. The first-order valence-electron chi connectivity index (χ1n) is 6.33. The lowest BCUT2D eigenvalue weighted by Crippen LogP contribution is -2.51. The van der Waals surface area contributed by atoms with Gasteiger partial charge in [0.05, 0.1) is 13.2 Å². The minimum Gasteiger partial charge on any atom is -0.465 e. The summed E-state index contributed by atoms with van der Waals surface area (Å²) >= 11 is 1.75. The molecule has 1 rings (SSSR count). The van der Waals surface area contributed by atoms with Gasteiger partial charge in [-0.2, -0.15) is 11.8 Å². The topological polar surface area (TPSA) is 58.6 Å². The first-order valence-corrected chi connectivity index (χ1v) is 7.38. The molecular weight excluding hydrogens is 238 g/mol. The molecule has 2 unspecified atom stereocenters. The lowest BCUT2D eigenvalue weighted by molar-refractivity contribution is -0.151. The molecule has 0 aliphatic heterocycles.